The van der Waals surface area contributed by atoms with Gasteiger partial charge in [0.15, 0.2) is 0 Å². The lowest BCUT2D eigenvalue weighted by atomic mass is 9.74. The smallest absolute Gasteiger partial charge is 0.410 e. The zero-order chi connectivity index (χ0) is 20.4. The Bertz CT molecular complexity index is 657. The van der Waals surface area contributed by atoms with Crippen molar-refractivity contribution in [2.75, 3.05) is 20.2 Å². The molecule has 3 rings (SSSR count). The van der Waals surface area contributed by atoms with Gasteiger partial charge in [0.2, 0.25) is 0 Å². The monoisotopic (exact) mass is 388 g/mol. The number of nitrogens with zero attached hydrogens (tertiary/aromatic N) is 1. The van der Waals surface area contributed by atoms with Crippen molar-refractivity contribution >= 4 is 6.09 Å². The summed E-state index contributed by atoms with van der Waals surface area (Å²) < 4.78 is 10.8. The topological polar surface area (TPSA) is 50.8 Å². The standard InChI is InChI=1S/C23H36N2O3/c1-17(18-8-10-19(27-5)11-9-18)24-20-7-6-12-23(20)13-15-25(16-14-23)21(26)28-22(2,3)4/h8-11,17,20,24H,6-7,12-16H2,1-5H3. The number of hydrogen-bond donors (Lipinski definition) is 1. The highest BCUT2D eigenvalue weighted by Crippen LogP contribution is 2.47. The van der Waals surface area contributed by atoms with E-state index < -0.39 is 5.60 Å². The van der Waals surface area contributed by atoms with E-state index in [1.807, 2.05) is 37.8 Å². The first-order chi connectivity index (χ1) is 13.2. The van der Waals surface area contributed by atoms with E-state index in [0.29, 0.717) is 17.5 Å². The summed E-state index contributed by atoms with van der Waals surface area (Å²) in [4.78, 5) is 14.3. The van der Waals surface area contributed by atoms with Gasteiger partial charge < -0.3 is 19.7 Å². The van der Waals surface area contributed by atoms with Crippen molar-refractivity contribution in [1.29, 1.82) is 0 Å². The van der Waals surface area contributed by atoms with Crippen LogP contribution in [-0.4, -0.2) is 42.8 Å². The Balaban J connectivity index is 1.59. The fourth-order valence-corrected chi connectivity index (χ4v) is 4.75. The van der Waals surface area contributed by atoms with E-state index in [1.54, 1.807) is 7.11 Å². The molecule has 1 heterocycles. The number of amides is 1. The Morgan fingerprint density at radius 3 is 2.39 bits per heavy atom. The lowest BCUT2D eigenvalue weighted by Gasteiger charge is -2.44. The van der Waals surface area contributed by atoms with Gasteiger partial charge in [0.25, 0.3) is 0 Å². The number of benzene rings is 1. The van der Waals surface area contributed by atoms with Gasteiger partial charge >= 0.3 is 6.09 Å². The first kappa shape index (κ1) is 21.0. The van der Waals surface area contributed by atoms with E-state index in [9.17, 15) is 4.79 Å². The van der Waals surface area contributed by atoms with Crippen LogP contribution in [0.5, 0.6) is 5.75 Å². The first-order valence-electron chi connectivity index (χ1n) is 10.6. The fourth-order valence-electron chi connectivity index (χ4n) is 4.75. The van der Waals surface area contributed by atoms with Gasteiger partial charge in [-0.3, -0.25) is 0 Å². The second-order valence-corrected chi connectivity index (χ2v) is 9.44. The van der Waals surface area contributed by atoms with Crippen molar-refractivity contribution in [2.24, 2.45) is 5.41 Å². The second kappa shape index (κ2) is 8.32. The minimum absolute atomic E-state index is 0.170. The molecule has 2 atom stereocenters. The van der Waals surface area contributed by atoms with Gasteiger partial charge in [-0.15, -0.1) is 0 Å². The molecule has 2 aliphatic rings. The van der Waals surface area contributed by atoms with Gasteiger partial charge in [0.05, 0.1) is 7.11 Å². The van der Waals surface area contributed by atoms with E-state index in [4.69, 9.17) is 9.47 Å². The van der Waals surface area contributed by atoms with Crippen molar-refractivity contribution in [3.05, 3.63) is 29.8 Å². The molecule has 28 heavy (non-hydrogen) atoms. The molecule has 2 fully saturated rings. The molecule has 1 saturated carbocycles. The number of piperidine rings is 1. The molecule has 2 unspecified atom stereocenters. The number of likely N-dealkylation sites (tertiary alicyclic amines) is 1. The van der Waals surface area contributed by atoms with Crippen LogP contribution in [0.3, 0.4) is 0 Å². The van der Waals surface area contributed by atoms with Gasteiger partial charge in [0, 0.05) is 25.2 Å². The second-order valence-electron chi connectivity index (χ2n) is 9.44. The summed E-state index contributed by atoms with van der Waals surface area (Å²) in [7, 11) is 1.70. The third-order valence-electron chi connectivity index (χ3n) is 6.38. The largest absolute Gasteiger partial charge is 0.497 e. The Kier molecular flexibility index (Phi) is 6.23. The molecule has 1 saturated heterocycles. The minimum Gasteiger partial charge on any atom is -0.497 e. The van der Waals surface area contributed by atoms with Crippen LogP contribution in [0.1, 0.15) is 71.4 Å². The molecule has 1 aromatic carbocycles. The summed E-state index contributed by atoms with van der Waals surface area (Å²) in [6, 6.07) is 9.14. The number of carbonyl (C=O) groups excluding carboxylic acids is 1. The van der Waals surface area contributed by atoms with E-state index >= 15 is 0 Å². The zero-order valence-corrected chi connectivity index (χ0v) is 18.1. The van der Waals surface area contributed by atoms with Gasteiger partial charge in [-0.1, -0.05) is 18.6 Å². The van der Waals surface area contributed by atoms with Crippen LogP contribution < -0.4 is 10.1 Å². The van der Waals surface area contributed by atoms with Crippen molar-refractivity contribution in [1.82, 2.24) is 10.2 Å². The predicted octanol–water partition coefficient (Wildman–Crippen LogP) is 4.92. The molecule has 1 aromatic rings. The Hall–Kier alpha value is -1.75. The molecule has 5 nitrogen and oxygen atoms in total. The number of nitrogens with one attached hydrogen (secondary N) is 1. The van der Waals surface area contributed by atoms with Gasteiger partial charge in [-0.25, -0.2) is 4.79 Å². The number of hydrogen-bond acceptors (Lipinski definition) is 4. The molecule has 1 aliphatic carbocycles. The number of rotatable bonds is 4. The maximum Gasteiger partial charge on any atom is 0.410 e. The molecular formula is C23H36N2O3. The minimum atomic E-state index is -0.433. The van der Waals surface area contributed by atoms with Crippen LogP contribution in [0.4, 0.5) is 4.79 Å². The predicted molar refractivity (Wildman–Crippen MR) is 112 cm³/mol. The number of methoxy groups -OCH3 is 1. The Morgan fingerprint density at radius 1 is 1.18 bits per heavy atom. The molecule has 1 spiro atoms. The van der Waals surface area contributed by atoms with Crippen LogP contribution >= 0.6 is 0 Å². The molecule has 0 radical (unpaired) electrons. The van der Waals surface area contributed by atoms with E-state index in [-0.39, 0.29) is 6.09 Å². The summed E-state index contributed by atoms with van der Waals surface area (Å²) in [5.74, 6) is 0.891. The van der Waals surface area contributed by atoms with Crippen LogP contribution in [0, 0.1) is 5.41 Å². The lowest BCUT2D eigenvalue weighted by Crippen LogP contribution is -2.51. The summed E-state index contributed by atoms with van der Waals surface area (Å²) >= 11 is 0. The van der Waals surface area contributed by atoms with Gasteiger partial charge in [-0.2, -0.15) is 0 Å². The zero-order valence-electron chi connectivity index (χ0n) is 18.1. The third-order valence-corrected chi connectivity index (χ3v) is 6.38. The molecule has 5 heteroatoms. The van der Waals surface area contributed by atoms with Crippen molar-refractivity contribution < 1.29 is 14.3 Å². The van der Waals surface area contributed by atoms with Crippen molar-refractivity contribution in [2.45, 2.75) is 77.5 Å². The average molecular weight is 389 g/mol. The van der Waals surface area contributed by atoms with Crippen molar-refractivity contribution in [3.8, 4) is 5.75 Å². The molecular weight excluding hydrogens is 352 g/mol. The molecule has 1 aliphatic heterocycles. The first-order valence-corrected chi connectivity index (χ1v) is 10.6. The van der Waals surface area contributed by atoms with E-state index in [2.05, 4.69) is 24.4 Å². The quantitative estimate of drug-likeness (QED) is 0.796. The molecule has 156 valence electrons. The third kappa shape index (κ3) is 4.80. The SMILES string of the molecule is COc1ccc(C(C)NC2CCCC23CCN(C(=O)OC(C)(C)C)CC3)cc1. The Labute approximate surface area is 169 Å². The summed E-state index contributed by atoms with van der Waals surface area (Å²) in [6.45, 7) is 9.60. The number of carbonyl (C=O) groups is 1. The molecule has 1 N–H and O–H groups in total. The van der Waals surface area contributed by atoms with Crippen LogP contribution in [0.25, 0.3) is 0 Å². The normalized spacial score (nSPS) is 22.9. The average Bonchev–Trinajstić information content (AvgIpc) is 3.02. The maximum absolute atomic E-state index is 12.4. The molecule has 0 aromatic heterocycles. The summed E-state index contributed by atoms with van der Waals surface area (Å²) in [5, 5.41) is 3.90. The van der Waals surface area contributed by atoms with Crippen LogP contribution in [0.15, 0.2) is 24.3 Å². The fraction of sp³-hybridized carbons (Fsp3) is 0.696. The van der Waals surface area contributed by atoms with Crippen LogP contribution in [0.2, 0.25) is 0 Å². The molecule has 1 amide bonds. The number of ether oxygens (including phenoxy) is 2. The Morgan fingerprint density at radius 2 is 1.82 bits per heavy atom. The van der Waals surface area contributed by atoms with E-state index in [0.717, 1.165) is 31.7 Å². The highest BCUT2D eigenvalue weighted by molar-refractivity contribution is 5.68. The van der Waals surface area contributed by atoms with Gasteiger partial charge in [-0.05, 0) is 76.5 Å². The maximum atomic E-state index is 12.4. The van der Waals surface area contributed by atoms with E-state index in [1.165, 1.54) is 24.8 Å². The van der Waals surface area contributed by atoms with Crippen LogP contribution in [-0.2, 0) is 4.74 Å². The van der Waals surface area contributed by atoms with Gasteiger partial charge in [0.1, 0.15) is 11.4 Å². The lowest BCUT2D eigenvalue weighted by molar-refractivity contribution is 0.00676. The summed E-state index contributed by atoms with van der Waals surface area (Å²) in [6.07, 6.45) is 5.67. The molecule has 0 bridgehead atoms. The highest BCUT2D eigenvalue weighted by Gasteiger charge is 2.46. The summed E-state index contributed by atoms with van der Waals surface area (Å²) in [5.41, 5.74) is 1.16. The highest BCUT2D eigenvalue weighted by atomic mass is 16.6. The van der Waals surface area contributed by atoms with Crippen molar-refractivity contribution in [3.63, 3.8) is 0 Å².